The third kappa shape index (κ3) is 4.91. The molecule has 1 heterocycles. The summed E-state index contributed by atoms with van der Waals surface area (Å²) in [7, 11) is 3.41. The highest BCUT2D eigenvalue weighted by Gasteiger charge is 2.17. The van der Waals surface area contributed by atoms with Crippen molar-refractivity contribution in [1.29, 1.82) is 0 Å². The number of carbonyl (C=O) groups excluding carboxylic acids is 2. The number of rotatable bonds is 4. The average molecular weight is 432 g/mol. The minimum absolute atomic E-state index is 0.0887. The van der Waals surface area contributed by atoms with E-state index in [9.17, 15) is 9.59 Å². The third-order valence-corrected chi connectivity index (χ3v) is 6.44. The number of nitrogens with one attached hydrogen (secondary N) is 1. The summed E-state index contributed by atoms with van der Waals surface area (Å²) in [5, 5.41) is 2.85. The van der Waals surface area contributed by atoms with Gasteiger partial charge in [-0.05, 0) is 65.7 Å². The summed E-state index contributed by atoms with van der Waals surface area (Å²) >= 11 is 1.10. The van der Waals surface area contributed by atoms with E-state index >= 15 is 0 Å². The molecule has 0 atom stereocenters. The van der Waals surface area contributed by atoms with Gasteiger partial charge >= 0.3 is 0 Å². The van der Waals surface area contributed by atoms with Crippen molar-refractivity contribution >= 4 is 34.3 Å². The van der Waals surface area contributed by atoms with E-state index in [1.807, 2.05) is 48.5 Å². The van der Waals surface area contributed by atoms with Crippen LogP contribution >= 0.6 is 11.8 Å². The van der Waals surface area contributed by atoms with Crippen LogP contribution in [0.25, 0.3) is 0 Å². The molecule has 0 radical (unpaired) electrons. The summed E-state index contributed by atoms with van der Waals surface area (Å²) in [5.41, 5.74) is 5.10. The van der Waals surface area contributed by atoms with Crippen LogP contribution in [0.1, 0.15) is 21.5 Å². The van der Waals surface area contributed by atoms with Gasteiger partial charge in [-0.25, -0.2) is 0 Å². The Bertz CT molecular complexity index is 1100. The van der Waals surface area contributed by atoms with E-state index in [1.54, 1.807) is 14.1 Å². The van der Waals surface area contributed by atoms with E-state index in [4.69, 9.17) is 0 Å². The smallest absolute Gasteiger partial charge is 0.286 e. The second-order valence-electron chi connectivity index (χ2n) is 7.70. The monoisotopic (exact) mass is 431 g/mol. The van der Waals surface area contributed by atoms with Crippen molar-refractivity contribution in [2.75, 3.05) is 30.9 Å². The fourth-order valence-corrected chi connectivity index (χ4v) is 4.32. The number of amides is 2. The molecule has 3 aromatic carbocycles. The third-order valence-electron chi connectivity index (χ3n) is 5.32. The predicted molar refractivity (Wildman–Crippen MR) is 127 cm³/mol. The molecule has 0 unspecified atom stereocenters. The normalized spacial score (nSPS) is 12.8. The molecule has 31 heavy (non-hydrogen) atoms. The molecule has 0 aliphatic carbocycles. The van der Waals surface area contributed by atoms with E-state index in [0.29, 0.717) is 11.3 Å². The van der Waals surface area contributed by atoms with Crippen LogP contribution in [0.5, 0.6) is 0 Å². The van der Waals surface area contributed by atoms with Crippen molar-refractivity contribution in [3.8, 4) is 0 Å². The maximum atomic E-state index is 12.8. The minimum Gasteiger partial charge on any atom is -0.367 e. The highest BCUT2D eigenvalue weighted by atomic mass is 32.2. The molecule has 0 aromatic heterocycles. The zero-order chi connectivity index (χ0) is 21.8. The maximum absolute atomic E-state index is 12.8. The van der Waals surface area contributed by atoms with Crippen LogP contribution in [-0.4, -0.2) is 36.7 Å². The molecule has 6 heteroatoms. The molecule has 4 rings (SSSR count). The molecule has 0 bridgehead atoms. The number of nitrogens with zero attached hydrogens (tertiary/aromatic N) is 2. The summed E-state index contributed by atoms with van der Waals surface area (Å²) in [5.74, 6) is -0.194. The molecule has 3 aromatic rings. The van der Waals surface area contributed by atoms with Crippen molar-refractivity contribution in [3.63, 3.8) is 0 Å². The van der Waals surface area contributed by atoms with Gasteiger partial charge in [0.25, 0.3) is 11.1 Å². The second-order valence-corrected chi connectivity index (χ2v) is 8.69. The van der Waals surface area contributed by atoms with Crippen LogP contribution in [0.15, 0.2) is 77.7 Å². The first-order chi connectivity index (χ1) is 15.0. The zero-order valence-electron chi connectivity index (χ0n) is 17.7. The van der Waals surface area contributed by atoms with Gasteiger partial charge in [-0.15, -0.1) is 0 Å². The fourth-order valence-electron chi connectivity index (χ4n) is 3.58. The Kier molecular flexibility index (Phi) is 6.28. The van der Waals surface area contributed by atoms with E-state index < -0.39 is 0 Å². The number of hydrogen-bond donors (Lipinski definition) is 1. The van der Waals surface area contributed by atoms with Crippen molar-refractivity contribution in [2.45, 2.75) is 17.9 Å². The standard InChI is InChI=1S/C25H25N3O2S/c1-27(2)25(30)31-23-10-6-5-9-22(23)26-24(29)19-11-13-21(14-12-19)28-16-15-18-7-3-4-8-20(18)17-28/h3-14H,15-17H2,1-2H3,(H,26,29). The van der Waals surface area contributed by atoms with Crippen LogP contribution in [0, 0.1) is 0 Å². The summed E-state index contributed by atoms with van der Waals surface area (Å²) in [6.45, 7) is 1.85. The van der Waals surface area contributed by atoms with Gasteiger partial charge < -0.3 is 15.1 Å². The van der Waals surface area contributed by atoms with Gasteiger partial charge in [0.15, 0.2) is 0 Å². The number of benzene rings is 3. The number of carbonyl (C=O) groups is 2. The SMILES string of the molecule is CN(C)C(=O)Sc1ccccc1NC(=O)c1ccc(N2CCc3ccccc3C2)cc1. The van der Waals surface area contributed by atoms with Crippen LogP contribution in [0.2, 0.25) is 0 Å². The summed E-state index contributed by atoms with van der Waals surface area (Å²) < 4.78 is 0. The van der Waals surface area contributed by atoms with Crippen LogP contribution < -0.4 is 10.2 Å². The van der Waals surface area contributed by atoms with Gasteiger partial charge in [-0.2, -0.15) is 0 Å². The molecule has 1 N–H and O–H groups in total. The molecule has 0 saturated heterocycles. The Morgan fingerprint density at radius 3 is 2.32 bits per heavy atom. The highest BCUT2D eigenvalue weighted by molar-refractivity contribution is 8.13. The zero-order valence-corrected chi connectivity index (χ0v) is 18.5. The number of thioether (sulfide) groups is 1. The largest absolute Gasteiger partial charge is 0.367 e. The molecular weight excluding hydrogens is 406 g/mol. The van der Waals surface area contributed by atoms with Gasteiger partial charge in [0.2, 0.25) is 0 Å². The Hall–Kier alpha value is -3.25. The first-order valence-electron chi connectivity index (χ1n) is 10.2. The van der Waals surface area contributed by atoms with Crippen molar-refractivity contribution in [2.24, 2.45) is 0 Å². The predicted octanol–water partition coefficient (Wildman–Crippen LogP) is 5.28. The molecule has 5 nitrogen and oxygen atoms in total. The van der Waals surface area contributed by atoms with E-state index in [-0.39, 0.29) is 11.1 Å². The van der Waals surface area contributed by atoms with Crippen molar-refractivity contribution in [1.82, 2.24) is 4.90 Å². The molecule has 0 fully saturated rings. The first kappa shape index (κ1) is 21.0. The van der Waals surface area contributed by atoms with Gasteiger partial charge in [0.1, 0.15) is 0 Å². The Morgan fingerprint density at radius 2 is 1.58 bits per heavy atom. The van der Waals surface area contributed by atoms with Gasteiger partial charge in [-0.1, -0.05) is 36.4 Å². The molecule has 0 saturated carbocycles. The Morgan fingerprint density at radius 1 is 0.903 bits per heavy atom. The number of para-hydroxylation sites is 1. The minimum atomic E-state index is -0.194. The lowest BCUT2D eigenvalue weighted by atomic mass is 9.99. The summed E-state index contributed by atoms with van der Waals surface area (Å²) in [6.07, 6.45) is 1.03. The topological polar surface area (TPSA) is 52.7 Å². The van der Waals surface area contributed by atoms with Gasteiger partial charge in [-0.3, -0.25) is 9.59 Å². The second kappa shape index (κ2) is 9.27. The van der Waals surface area contributed by atoms with Crippen LogP contribution in [-0.2, 0) is 13.0 Å². The summed E-state index contributed by atoms with van der Waals surface area (Å²) in [6, 6.07) is 23.6. The lowest BCUT2D eigenvalue weighted by molar-refractivity contribution is 0.102. The molecule has 1 aliphatic heterocycles. The molecule has 1 aliphatic rings. The van der Waals surface area contributed by atoms with Crippen molar-refractivity contribution < 1.29 is 9.59 Å². The van der Waals surface area contributed by atoms with Crippen LogP contribution in [0.3, 0.4) is 0 Å². The van der Waals surface area contributed by atoms with E-state index in [2.05, 4.69) is 34.5 Å². The molecule has 158 valence electrons. The molecular formula is C25H25N3O2S. The van der Waals surface area contributed by atoms with E-state index in [1.165, 1.54) is 16.0 Å². The number of fused-ring (bicyclic) bond motifs is 1. The Balaban J connectivity index is 1.45. The lowest BCUT2D eigenvalue weighted by Crippen LogP contribution is -2.30. The maximum Gasteiger partial charge on any atom is 0.286 e. The first-order valence-corrected chi connectivity index (χ1v) is 11.0. The van der Waals surface area contributed by atoms with Gasteiger partial charge in [0, 0.05) is 43.3 Å². The van der Waals surface area contributed by atoms with Crippen LogP contribution in [0.4, 0.5) is 16.2 Å². The number of anilines is 2. The Labute approximate surface area is 187 Å². The average Bonchev–Trinajstić information content (AvgIpc) is 2.80. The fraction of sp³-hybridized carbons (Fsp3) is 0.200. The molecule has 0 spiro atoms. The highest BCUT2D eigenvalue weighted by Crippen LogP contribution is 2.29. The van der Waals surface area contributed by atoms with Crippen molar-refractivity contribution in [3.05, 3.63) is 89.5 Å². The number of hydrogen-bond acceptors (Lipinski definition) is 4. The van der Waals surface area contributed by atoms with Gasteiger partial charge in [0.05, 0.1) is 5.69 Å². The van der Waals surface area contributed by atoms with E-state index in [0.717, 1.165) is 41.9 Å². The lowest BCUT2D eigenvalue weighted by Gasteiger charge is -2.30. The summed E-state index contributed by atoms with van der Waals surface area (Å²) in [4.78, 5) is 29.4. The quantitative estimate of drug-likeness (QED) is 0.572. The molecule has 2 amide bonds.